The number of esters is 1. The lowest BCUT2D eigenvalue weighted by Crippen LogP contribution is -2.33. The fourth-order valence-corrected chi connectivity index (χ4v) is 2.77. The number of fused-ring (bicyclic) bond motifs is 2. The van der Waals surface area contributed by atoms with Crippen molar-refractivity contribution < 1.29 is 9.53 Å². The molecule has 0 radical (unpaired) electrons. The Hall–Kier alpha value is -4.08. The molecule has 0 spiro atoms. The molecule has 0 aliphatic heterocycles. The highest BCUT2D eigenvalue weighted by Gasteiger charge is 2.12. The summed E-state index contributed by atoms with van der Waals surface area (Å²) in [6, 6.07) is 12.9. The zero-order valence-electron chi connectivity index (χ0n) is 14.4. The smallest absolute Gasteiger partial charge is 0.329 e. The topological polar surface area (TPSA) is 129 Å². The molecule has 2 aromatic carbocycles. The molecule has 4 aromatic rings. The highest BCUT2D eigenvalue weighted by Crippen LogP contribution is 2.04. The van der Waals surface area contributed by atoms with Crippen LogP contribution in [0.4, 0.5) is 0 Å². The van der Waals surface area contributed by atoms with E-state index in [4.69, 9.17) is 4.74 Å². The Bertz CT molecular complexity index is 1390. The standard InChI is InChI=1S/C18H13N5O5/c24-15(9-22-17(26)12-6-2-1-5-11(12)16(25)20-22)28-10-23-18(27)13-7-3-4-8-14(13)19-21-23/h1-8H,9-10H2,(H,20,25). The van der Waals surface area contributed by atoms with Crippen LogP contribution in [0, 0.1) is 0 Å². The van der Waals surface area contributed by atoms with Gasteiger partial charge in [-0.2, -0.15) is 4.68 Å². The van der Waals surface area contributed by atoms with Crippen LogP contribution in [-0.4, -0.2) is 30.7 Å². The number of nitrogens with zero attached hydrogens (tertiary/aromatic N) is 4. The number of aromatic nitrogens is 5. The van der Waals surface area contributed by atoms with Gasteiger partial charge < -0.3 is 4.74 Å². The van der Waals surface area contributed by atoms with Gasteiger partial charge >= 0.3 is 5.97 Å². The number of H-pyrrole nitrogens is 1. The van der Waals surface area contributed by atoms with E-state index in [9.17, 15) is 19.2 Å². The molecule has 0 saturated carbocycles. The third-order valence-corrected chi connectivity index (χ3v) is 4.15. The lowest BCUT2D eigenvalue weighted by Gasteiger charge is -2.08. The Morgan fingerprint density at radius 2 is 1.61 bits per heavy atom. The molecule has 0 aliphatic carbocycles. The first-order chi connectivity index (χ1) is 13.5. The van der Waals surface area contributed by atoms with E-state index in [-0.39, 0.29) is 10.8 Å². The minimum Gasteiger partial charge on any atom is -0.441 e. The summed E-state index contributed by atoms with van der Waals surface area (Å²) < 4.78 is 6.77. The van der Waals surface area contributed by atoms with Gasteiger partial charge in [0.25, 0.3) is 16.7 Å². The molecule has 2 heterocycles. The first-order valence-electron chi connectivity index (χ1n) is 8.24. The number of hydrogen-bond donors (Lipinski definition) is 1. The van der Waals surface area contributed by atoms with Gasteiger partial charge in [0.15, 0.2) is 6.73 Å². The molecule has 10 nitrogen and oxygen atoms in total. The minimum atomic E-state index is -0.824. The summed E-state index contributed by atoms with van der Waals surface area (Å²) in [5.74, 6) is -0.824. The number of carbonyl (C=O) groups is 1. The van der Waals surface area contributed by atoms with E-state index in [1.165, 1.54) is 12.1 Å². The summed E-state index contributed by atoms with van der Waals surface area (Å²) in [7, 11) is 0. The number of hydrogen-bond acceptors (Lipinski definition) is 7. The summed E-state index contributed by atoms with van der Waals surface area (Å²) in [6.45, 7) is -0.989. The summed E-state index contributed by atoms with van der Waals surface area (Å²) >= 11 is 0. The first kappa shape index (κ1) is 17.3. The second-order valence-corrected chi connectivity index (χ2v) is 5.93. The van der Waals surface area contributed by atoms with Gasteiger partial charge in [0.2, 0.25) is 0 Å². The SMILES string of the molecule is O=C(Cn1[nH]c(=O)c2ccccc2c1=O)OCn1nnc2ccccc2c1=O. The van der Waals surface area contributed by atoms with Crippen molar-refractivity contribution >= 4 is 27.6 Å². The Morgan fingerprint density at radius 1 is 0.929 bits per heavy atom. The molecule has 1 N–H and O–H groups in total. The second kappa shape index (κ2) is 6.91. The van der Waals surface area contributed by atoms with E-state index in [1.807, 2.05) is 0 Å². The van der Waals surface area contributed by atoms with E-state index in [1.54, 1.807) is 36.4 Å². The fraction of sp³-hybridized carbons (Fsp3) is 0.111. The van der Waals surface area contributed by atoms with E-state index in [2.05, 4.69) is 15.4 Å². The zero-order valence-corrected chi connectivity index (χ0v) is 14.4. The number of nitrogens with one attached hydrogen (secondary N) is 1. The van der Waals surface area contributed by atoms with E-state index in [0.29, 0.717) is 10.9 Å². The largest absolute Gasteiger partial charge is 0.441 e. The number of rotatable bonds is 4. The van der Waals surface area contributed by atoms with Gasteiger partial charge in [-0.15, -0.1) is 5.10 Å². The summed E-state index contributed by atoms with van der Waals surface area (Å²) in [6.07, 6.45) is 0. The van der Waals surface area contributed by atoms with Crippen LogP contribution in [0.3, 0.4) is 0 Å². The monoisotopic (exact) mass is 379 g/mol. The van der Waals surface area contributed by atoms with Crippen molar-refractivity contribution in [1.82, 2.24) is 24.8 Å². The highest BCUT2D eigenvalue weighted by molar-refractivity contribution is 5.80. The maximum atomic E-state index is 12.4. The van der Waals surface area contributed by atoms with Crippen molar-refractivity contribution in [3.8, 4) is 0 Å². The lowest BCUT2D eigenvalue weighted by molar-refractivity contribution is -0.149. The molecule has 10 heteroatoms. The molecule has 28 heavy (non-hydrogen) atoms. The summed E-state index contributed by atoms with van der Waals surface area (Å²) in [5.41, 5.74) is -1.07. The maximum absolute atomic E-state index is 12.4. The van der Waals surface area contributed by atoms with Gasteiger partial charge in [-0.25, -0.2) is 9.48 Å². The van der Waals surface area contributed by atoms with Crippen LogP contribution in [0.2, 0.25) is 0 Å². The van der Waals surface area contributed by atoms with Crippen molar-refractivity contribution in [2.24, 2.45) is 0 Å². The average Bonchev–Trinajstić information content (AvgIpc) is 2.71. The molecule has 0 saturated heterocycles. The third kappa shape index (κ3) is 3.07. The molecule has 2 aromatic heterocycles. The van der Waals surface area contributed by atoms with Crippen LogP contribution in [-0.2, 0) is 22.8 Å². The van der Waals surface area contributed by atoms with E-state index in [0.717, 1.165) is 9.36 Å². The second-order valence-electron chi connectivity index (χ2n) is 5.93. The van der Waals surface area contributed by atoms with Gasteiger partial charge in [-0.05, 0) is 24.3 Å². The molecular weight excluding hydrogens is 366 g/mol. The predicted octanol–water partition coefficient (Wildman–Crippen LogP) is -0.00440. The number of aromatic amines is 1. The van der Waals surface area contributed by atoms with Crippen molar-refractivity contribution in [3.63, 3.8) is 0 Å². The molecule has 0 bridgehead atoms. The van der Waals surface area contributed by atoms with Gasteiger partial charge in [-0.1, -0.05) is 29.5 Å². The molecule has 4 rings (SSSR count). The quantitative estimate of drug-likeness (QED) is 0.494. The molecule has 0 unspecified atom stereocenters. The predicted molar refractivity (Wildman–Crippen MR) is 98.7 cm³/mol. The van der Waals surface area contributed by atoms with Crippen LogP contribution in [0.15, 0.2) is 62.9 Å². The molecular formula is C18H13N5O5. The molecule has 0 aliphatic rings. The summed E-state index contributed by atoms with van der Waals surface area (Å²) in [5, 5.41) is 10.7. The molecule has 0 atom stereocenters. The van der Waals surface area contributed by atoms with E-state index >= 15 is 0 Å². The van der Waals surface area contributed by atoms with Crippen molar-refractivity contribution in [2.45, 2.75) is 13.3 Å². The van der Waals surface area contributed by atoms with Gasteiger partial charge in [0.1, 0.15) is 12.1 Å². The number of carbonyl (C=O) groups excluding carboxylic acids is 1. The zero-order chi connectivity index (χ0) is 19.7. The average molecular weight is 379 g/mol. The molecule has 140 valence electrons. The van der Waals surface area contributed by atoms with Gasteiger partial charge in [-0.3, -0.25) is 19.5 Å². The van der Waals surface area contributed by atoms with Gasteiger partial charge in [0.05, 0.1) is 16.2 Å². The van der Waals surface area contributed by atoms with Crippen molar-refractivity contribution in [2.75, 3.05) is 0 Å². The molecule has 0 amide bonds. The Kier molecular flexibility index (Phi) is 4.28. The normalized spacial score (nSPS) is 11.0. The van der Waals surface area contributed by atoms with Crippen LogP contribution in [0.25, 0.3) is 21.7 Å². The van der Waals surface area contributed by atoms with Crippen LogP contribution in [0.5, 0.6) is 0 Å². The maximum Gasteiger partial charge on any atom is 0.329 e. The van der Waals surface area contributed by atoms with Crippen LogP contribution < -0.4 is 16.7 Å². The van der Waals surface area contributed by atoms with Gasteiger partial charge in [0, 0.05) is 0 Å². The minimum absolute atomic E-state index is 0.190. The fourth-order valence-electron chi connectivity index (χ4n) is 2.77. The molecule has 0 fully saturated rings. The highest BCUT2D eigenvalue weighted by atomic mass is 16.5. The summed E-state index contributed by atoms with van der Waals surface area (Å²) in [4.78, 5) is 48.9. The first-order valence-corrected chi connectivity index (χ1v) is 8.24. The lowest BCUT2D eigenvalue weighted by atomic mass is 10.2. The van der Waals surface area contributed by atoms with Crippen LogP contribution >= 0.6 is 0 Å². The van der Waals surface area contributed by atoms with Crippen LogP contribution in [0.1, 0.15) is 0 Å². The Morgan fingerprint density at radius 3 is 2.39 bits per heavy atom. The van der Waals surface area contributed by atoms with Crippen molar-refractivity contribution in [3.05, 3.63) is 79.6 Å². The third-order valence-electron chi connectivity index (χ3n) is 4.15. The number of ether oxygens (including phenoxy) is 1. The number of benzene rings is 2. The Labute approximate surface area is 155 Å². The Balaban J connectivity index is 1.55. The van der Waals surface area contributed by atoms with Crippen molar-refractivity contribution in [1.29, 1.82) is 0 Å². The van der Waals surface area contributed by atoms with E-state index < -0.39 is 35.9 Å².